The van der Waals surface area contributed by atoms with E-state index in [2.05, 4.69) is 39.2 Å². The van der Waals surface area contributed by atoms with E-state index in [1.165, 1.54) is 5.52 Å². The van der Waals surface area contributed by atoms with E-state index >= 15 is 0 Å². The molecule has 0 radical (unpaired) electrons. The average molecular weight is 371 g/mol. The van der Waals surface area contributed by atoms with Crippen LogP contribution in [0.5, 0.6) is 0 Å². The Morgan fingerprint density at radius 2 is 2.04 bits per heavy atom. The van der Waals surface area contributed by atoms with Gasteiger partial charge in [-0.3, -0.25) is 9.69 Å². The number of morpholine rings is 1. The number of carbonyl (C=O) groups excluding carboxylic acids is 1. The van der Waals surface area contributed by atoms with E-state index in [9.17, 15) is 4.79 Å². The molecule has 2 saturated heterocycles. The molecule has 0 unspecified atom stereocenters. The number of anilines is 1. The Balaban J connectivity index is 1.31. The second-order valence-electron chi connectivity index (χ2n) is 7.46. The smallest absolute Gasteiger partial charge is 0.224 e. The normalized spacial score (nSPS) is 21.0. The van der Waals surface area contributed by atoms with Crippen molar-refractivity contribution in [3.05, 3.63) is 30.5 Å². The fourth-order valence-corrected chi connectivity index (χ4v) is 3.93. The minimum absolute atomic E-state index is 0.0663. The predicted molar refractivity (Wildman–Crippen MR) is 106 cm³/mol. The molecule has 1 aromatic carbocycles. The van der Waals surface area contributed by atoms with Gasteiger partial charge in [-0.05, 0) is 43.5 Å². The molecule has 2 fully saturated rings. The molecule has 0 aliphatic carbocycles. The SMILES string of the molecule is O=C(CC[C@H]1CCCO1)Nc1ccc2c(ccn2CCN2CCOCC2)c1. The second-order valence-corrected chi connectivity index (χ2v) is 7.46. The lowest BCUT2D eigenvalue weighted by Crippen LogP contribution is -2.38. The molecule has 1 N–H and O–H groups in total. The molecule has 3 heterocycles. The van der Waals surface area contributed by atoms with Crippen LogP contribution in [0.15, 0.2) is 30.5 Å². The standard InChI is InChI=1S/C21H29N3O3/c25-21(6-4-19-2-1-13-27-19)22-18-3-5-20-17(16-18)7-8-24(20)10-9-23-11-14-26-15-12-23/h3,5,7-8,16,19H,1-2,4,6,9-15H2,(H,22,25)/t19-/m1/s1. The molecule has 27 heavy (non-hydrogen) atoms. The maximum absolute atomic E-state index is 12.2. The summed E-state index contributed by atoms with van der Waals surface area (Å²) in [6.07, 6.45) is 5.92. The number of rotatable bonds is 7. The summed E-state index contributed by atoms with van der Waals surface area (Å²) in [7, 11) is 0. The highest BCUT2D eigenvalue weighted by Crippen LogP contribution is 2.22. The van der Waals surface area contributed by atoms with Crippen LogP contribution in [-0.4, -0.2) is 60.9 Å². The maximum atomic E-state index is 12.2. The molecule has 4 rings (SSSR count). The third-order valence-electron chi connectivity index (χ3n) is 5.53. The third kappa shape index (κ3) is 4.89. The zero-order valence-corrected chi connectivity index (χ0v) is 15.9. The summed E-state index contributed by atoms with van der Waals surface area (Å²) in [4.78, 5) is 14.6. The molecular weight excluding hydrogens is 342 g/mol. The van der Waals surface area contributed by atoms with Crippen LogP contribution in [0.3, 0.4) is 0 Å². The van der Waals surface area contributed by atoms with E-state index < -0.39 is 0 Å². The largest absolute Gasteiger partial charge is 0.379 e. The molecule has 2 aromatic rings. The molecule has 2 aliphatic heterocycles. The number of fused-ring (bicyclic) bond motifs is 1. The summed E-state index contributed by atoms with van der Waals surface area (Å²) in [5.74, 6) is 0.0663. The number of carbonyl (C=O) groups is 1. The van der Waals surface area contributed by atoms with Crippen LogP contribution in [-0.2, 0) is 20.8 Å². The topological polar surface area (TPSA) is 55.7 Å². The molecule has 0 bridgehead atoms. The van der Waals surface area contributed by atoms with Gasteiger partial charge in [-0.2, -0.15) is 0 Å². The fourth-order valence-electron chi connectivity index (χ4n) is 3.93. The van der Waals surface area contributed by atoms with Crippen molar-refractivity contribution in [1.82, 2.24) is 9.47 Å². The van der Waals surface area contributed by atoms with Gasteiger partial charge in [-0.25, -0.2) is 0 Å². The Kier molecular flexibility index (Phi) is 6.07. The van der Waals surface area contributed by atoms with Gasteiger partial charge in [0, 0.05) is 62.0 Å². The van der Waals surface area contributed by atoms with Crippen molar-refractivity contribution in [2.45, 2.75) is 38.3 Å². The highest BCUT2D eigenvalue weighted by molar-refractivity contribution is 5.93. The van der Waals surface area contributed by atoms with Gasteiger partial charge in [0.15, 0.2) is 0 Å². The molecule has 6 nitrogen and oxygen atoms in total. The molecule has 1 atom stereocenters. The van der Waals surface area contributed by atoms with Gasteiger partial charge in [-0.1, -0.05) is 0 Å². The van der Waals surface area contributed by atoms with Crippen molar-refractivity contribution in [3.8, 4) is 0 Å². The average Bonchev–Trinajstić information content (AvgIpc) is 3.35. The van der Waals surface area contributed by atoms with Crippen molar-refractivity contribution < 1.29 is 14.3 Å². The van der Waals surface area contributed by atoms with Crippen molar-refractivity contribution in [3.63, 3.8) is 0 Å². The van der Waals surface area contributed by atoms with Crippen molar-refractivity contribution in [2.75, 3.05) is 44.8 Å². The van der Waals surface area contributed by atoms with Crippen molar-refractivity contribution in [1.29, 1.82) is 0 Å². The second kappa shape index (κ2) is 8.87. The Hall–Kier alpha value is -1.89. The first-order chi connectivity index (χ1) is 13.3. The lowest BCUT2D eigenvalue weighted by Gasteiger charge is -2.26. The van der Waals surface area contributed by atoms with Crippen LogP contribution in [0.2, 0.25) is 0 Å². The summed E-state index contributed by atoms with van der Waals surface area (Å²) in [5.41, 5.74) is 2.08. The molecule has 1 aromatic heterocycles. The minimum atomic E-state index is 0.0663. The molecule has 1 amide bonds. The predicted octanol–water partition coefficient (Wildman–Crippen LogP) is 2.87. The molecule has 6 heteroatoms. The van der Waals surface area contributed by atoms with Crippen LogP contribution in [0.4, 0.5) is 5.69 Å². The van der Waals surface area contributed by atoms with E-state index in [-0.39, 0.29) is 12.0 Å². The first kappa shape index (κ1) is 18.5. The van der Waals surface area contributed by atoms with Gasteiger partial charge >= 0.3 is 0 Å². The van der Waals surface area contributed by atoms with Gasteiger partial charge in [0.25, 0.3) is 0 Å². The number of nitrogens with one attached hydrogen (secondary N) is 1. The highest BCUT2D eigenvalue weighted by atomic mass is 16.5. The van der Waals surface area contributed by atoms with E-state index in [1.807, 2.05) is 6.07 Å². The molecular formula is C21H29N3O3. The summed E-state index contributed by atoms with van der Waals surface area (Å²) in [5, 5.41) is 4.19. The summed E-state index contributed by atoms with van der Waals surface area (Å²) in [6, 6.07) is 8.28. The first-order valence-electron chi connectivity index (χ1n) is 10.1. The van der Waals surface area contributed by atoms with Gasteiger partial charge in [0.05, 0.1) is 19.3 Å². The van der Waals surface area contributed by atoms with E-state index in [4.69, 9.17) is 9.47 Å². The van der Waals surface area contributed by atoms with Crippen LogP contribution in [0.25, 0.3) is 10.9 Å². The molecule has 146 valence electrons. The summed E-state index contributed by atoms with van der Waals surface area (Å²) < 4.78 is 13.3. The van der Waals surface area contributed by atoms with Crippen LogP contribution >= 0.6 is 0 Å². The number of ether oxygens (including phenoxy) is 2. The zero-order chi connectivity index (χ0) is 18.5. The van der Waals surface area contributed by atoms with Crippen molar-refractivity contribution in [2.24, 2.45) is 0 Å². The number of amides is 1. The van der Waals surface area contributed by atoms with Crippen LogP contribution in [0.1, 0.15) is 25.7 Å². The Morgan fingerprint density at radius 1 is 1.15 bits per heavy atom. The van der Waals surface area contributed by atoms with Gasteiger partial charge in [0.2, 0.25) is 5.91 Å². The maximum Gasteiger partial charge on any atom is 0.224 e. The third-order valence-corrected chi connectivity index (χ3v) is 5.53. The Morgan fingerprint density at radius 3 is 2.85 bits per heavy atom. The number of hydrogen-bond acceptors (Lipinski definition) is 4. The lowest BCUT2D eigenvalue weighted by molar-refractivity contribution is -0.116. The summed E-state index contributed by atoms with van der Waals surface area (Å²) >= 11 is 0. The fraction of sp³-hybridized carbons (Fsp3) is 0.571. The molecule has 0 spiro atoms. The Labute approximate surface area is 160 Å². The number of hydrogen-bond donors (Lipinski definition) is 1. The van der Waals surface area contributed by atoms with Crippen molar-refractivity contribution >= 4 is 22.5 Å². The lowest BCUT2D eigenvalue weighted by atomic mass is 10.1. The monoisotopic (exact) mass is 371 g/mol. The quantitative estimate of drug-likeness (QED) is 0.813. The van der Waals surface area contributed by atoms with E-state index in [1.54, 1.807) is 0 Å². The molecule has 2 aliphatic rings. The van der Waals surface area contributed by atoms with E-state index in [0.29, 0.717) is 6.42 Å². The van der Waals surface area contributed by atoms with Gasteiger partial charge < -0.3 is 19.4 Å². The zero-order valence-electron chi connectivity index (χ0n) is 15.9. The van der Waals surface area contributed by atoms with Crippen LogP contribution in [0, 0.1) is 0 Å². The number of aromatic nitrogens is 1. The highest BCUT2D eigenvalue weighted by Gasteiger charge is 2.17. The Bertz CT molecular complexity index is 761. The molecule has 0 saturated carbocycles. The number of benzene rings is 1. The van der Waals surface area contributed by atoms with E-state index in [0.717, 1.165) is 76.3 Å². The van der Waals surface area contributed by atoms with Gasteiger partial charge in [0.1, 0.15) is 0 Å². The summed E-state index contributed by atoms with van der Waals surface area (Å²) in [6.45, 7) is 6.55. The number of nitrogens with zero attached hydrogens (tertiary/aromatic N) is 2. The minimum Gasteiger partial charge on any atom is -0.379 e. The van der Waals surface area contributed by atoms with Gasteiger partial charge in [-0.15, -0.1) is 0 Å². The first-order valence-corrected chi connectivity index (χ1v) is 10.1. The van der Waals surface area contributed by atoms with Crippen LogP contribution < -0.4 is 5.32 Å².